The number of benzene rings is 1. The van der Waals surface area contributed by atoms with E-state index in [1.54, 1.807) is 0 Å². The van der Waals surface area contributed by atoms with Crippen molar-refractivity contribution in [2.45, 2.75) is 32.2 Å². The summed E-state index contributed by atoms with van der Waals surface area (Å²) in [5.41, 5.74) is 5.23. The van der Waals surface area contributed by atoms with Gasteiger partial charge in [-0.3, -0.25) is 0 Å². The van der Waals surface area contributed by atoms with Crippen molar-refractivity contribution in [3.05, 3.63) is 70.5 Å². The normalized spacial score (nSPS) is 20.8. The minimum absolute atomic E-state index is 0.270. The summed E-state index contributed by atoms with van der Waals surface area (Å²) in [6, 6.07) is 14.6. The lowest BCUT2D eigenvalue weighted by molar-refractivity contribution is -0.855. The first-order valence-electron chi connectivity index (χ1n) is 8.53. The van der Waals surface area contributed by atoms with Crippen molar-refractivity contribution < 1.29 is 4.90 Å². The van der Waals surface area contributed by atoms with Crippen LogP contribution in [0.15, 0.2) is 64.9 Å². The molecule has 120 valence electrons. The van der Waals surface area contributed by atoms with E-state index in [4.69, 9.17) is 10.5 Å². The van der Waals surface area contributed by atoms with Crippen LogP contribution in [0.2, 0.25) is 0 Å². The van der Waals surface area contributed by atoms with Gasteiger partial charge in [-0.2, -0.15) is 10.5 Å². The maximum absolute atomic E-state index is 9.10. The van der Waals surface area contributed by atoms with Crippen molar-refractivity contribution in [3.63, 3.8) is 0 Å². The van der Waals surface area contributed by atoms with Gasteiger partial charge in [-0.05, 0) is 42.4 Å². The maximum Gasteiger partial charge on any atom is 0.132 e. The van der Waals surface area contributed by atoms with Gasteiger partial charge in [0.05, 0.1) is 7.05 Å². The van der Waals surface area contributed by atoms with E-state index in [0.717, 1.165) is 31.4 Å². The smallest absolute Gasteiger partial charge is 0.132 e. The third-order valence-corrected chi connectivity index (χ3v) is 5.08. The van der Waals surface area contributed by atoms with Gasteiger partial charge in [0.1, 0.15) is 30.0 Å². The number of hydrogen-bond donors (Lipinski definition) is 1. The molecular formula is C21H22N3+. The summed E-state index contributed by atoms with van der Waals surface area (Å²) in [5, 5.41) is 18.2. The number of hydrogen-bond acceptors (Lipinski definition) is 2. The third kappa shape index (κ3) is 3.48. The monoisotopic (exact) mass is 316 g/mol. The summed E-state index contributed by atoms with van der Waals surface area (Å²) in [4.78, 5) is 1.41. The second-order valence-corrected chi connectivity index (χ2v) is 6.65. The van der Waals surface area contributed by atoms with E-state index in [0.29, 0.717) is 5.92 Å². The standard InChI is InChI=1S/C21H21N3/c1-24(15-16-5-3-2-4-6-16)21-10-9-17-7-8-18(11-19(17)12-21)20(13-22)14-23/h2-6,11-12,17H,7-10,15H2,1H3/p+1/t17-/m1/s1. The van der Waals surface area contributed by atoms with Gasteiger partial charge in [0.25, 0.3) is 0 Å². The molecule has 2 atom stereocenters. The van der Waals surface area contributed by atoms with E-state index in [-0.39, 0.29) is 5.57 Å². The number of fused-ring (bicyclic) bond motifs is 1. The highest BCUT2D eigenvalue weighted by molar-refractivity contribution is 5.49. The molecule has 0 heterocycles. The second-order valence-electron chi connectivity index (χ2n) is 6.65. The Morgan fingerprint density at radius 3 is 2.50 bits per heavy atom. The van der Waals surface area contributed by atoms with E-state index in [1.165, 1.54) is 28.2 Å². The Morgan fingerprint density at radius 1 is 1.08 bits per heavy atom. The molecule has 0 aromatic heterocycles. The van der Waals surface area contributed by atoms with Crippen molar-refractivity contribution in [2.24, 2.45) is 5.92 Å². The van der Waals surface area contributed by atoms with Crippen molar-refractivity contribution in [3.8, 4) is 12.1 Å². The summed E-state index contributed by atoms with van der Waals surface area (Å²) in [5.74, 6) is 0.584. The minimum atomic E-state index is 0.270. The van der Waals surface area contributed by atoms with Gasteiger partial charge in [-0.25, -0.2) is 0 Å². The van der Waals surface area contributed by atoms with Crippen molar-refractivity contribution in [2.75, 3.05) is 7.05 Å². The lowest BCUT2D eigenvalue weighted by Crippen LogP contribution is -3.05. The number of rotatable bonds is 3. The quantitative estimate of drug-likeness (QED) is 0.871. The van der Waals surface area contributed by atoms with E-state index < -0.39 is 0 Å². The Bertz CT molecular complexity index is 769. The van der Waals surface area contributed by atoms with Crippen molar-refractivity contribution in [1.82, 2.24) is 0 Å². The predicted octanol–water partition coefficient (Wildman–Crippen LogP) is 3.06. The van der Waals surface area contributed by atoms with Crippen LogP contribution in [0.4, 0.5) is 0 Å². The molecule has 0 aliphatic heterocycles. The van der Waals surface area contributed by atoms with E-state index >= 15 is 0 Å². The molecule has 1 aromatic rings. The number of nitrogens with zero attached hydrogens (tertiary/aromatic N) is 2. The fourth-order valence-corrected chi connectivity index (χ4v) is 3.68. The molecule has 1 N–H and O–H groups in total. The van der Waals surface area contributed by atoms with E-state index in [2.05, 4.69) is 43.5 Å². The van der Waals surface area contributed by atoms with Crippen LogP contribution in [-0.2, 0) is 6.54 Å². The zero-order chi connectivity index (χ0) is 16.9. The Hall–Kier alpha value is -2.62. The lowest BCUT2D eigenvalue weighted by Gasteiger charge is -2.30. The highest BCUT2D eigenvalue weighted by Gasteiger charge is 2.27. The average Bonchev–Trinajstić information content (AvgIpc) is 2.63. The lowest BCUT2D eigenvalue weighted by atomic mass is 9.78. The largest absolute Gasteiger partial charge is 0.305 e. The van der Waals surface area contributed by atoms with Crippen molar-refractivity contribution in [1.29, 1.82) is 10.5 Å². The van der Waals surface area contributed by atoms with Gasteiger partial charge in [0.15, 0.2) is 0 Å². The molecule has 0 amide bonds. The molecule has 1 aromatic carbocycles. The first-order valence-corrected chi connectivity index (χ1v) is 8.53. The average molecular weight is 316 g/mol. The Kier molecular flexibility index (Phi) is 4.94. The topological polar surface area (TPSA) is 52.0 Å². The van der Waals surface area contributed by atoms with Gasteiger partial charge < -0.3 is 4.90 Å². The summed E-state index contributed by atoms with van der Waals surface area (Å²) < 4.78 is 0. The van der Waals surface area contributed by atoms with Crippen molar-refractivity contribution >= 4 is 0 Å². The summed E-state index contributed by atoms with van der Waals surface area (Å²) >= 11 is 0. The molecule has 1 unspecified atom stereocenters. The predicted molar refractivity (Wildman–Crippen MR) is 93.4 cm³/mol. The van der Waals surface area contributed by atoms with Gasteiger partial charge in [-0.15, -0.1) is 0 Å². The number of nitrogens with one attached hydrogen (secondary N) is 1. The minimum Gasteiger partial charge on any atom is -0.305 e. The van der Waals surface area contributed by atoms with E-state index in [9.17, 15) is 0 Å². The van der Waals surface area contributed by atoms with Gasteiger partial charge in [0, 0.05) is 12.0 Å². The third-order valence-electron chi connectivity index (χ3n) is 5.08. The van der Waals surface area contributed by atoms with Crippen LogP contribution in [0, 0.1) is 28.6 Å². The van der Waals surface area contributed by atoms with Crippen LogP contribution in [0.3, 0.4) is 0 Å². The van der Waals surface area contributed by atoms with E-state index in [1.807, 2.05) is 18.2 Å². The first-order chi connectivity index (χ1) is 11.7. The molecule has 3 nitrogen and oxygen atoms in total. The molecule has 3 heteroatoms. The zero-order valence-corrected chi connectivity index (χ0v) is 14.0. The van der Waals surface area contributed by atoms with Crippen LogP contribution in [-0.4, -0.2) is 7.05 Å². The van der Waals surface area contributed by atoms with Crippen LogP contribution in [0.5, 0.6) is 0 Å². The molecule has 0 spiro atoms. The first kappa shape index (κ1) is 16.2. The molecule has 0 bridgehead atoms. The Balaban J connectivity index is 1.83. The van der Waals surface area contributed by atoms with Crippen LogP contribution in [0.1, 0.15) is 31.2 Å². The maximum atomic E-state index is 9.10. The van der Waals surface area contributed by atoms with Gasteiger partial charge in [0.2, 0.25) is 0 Å². The van der Waals surface area contributed by atoms with Crippen LogP contribution in [0.25, 0.3) is 0 Å². The molecule has 0 radical (unpaired) electrons. The Morgan fingerprint density at radius 2 is 1.79 bits per heavy atom. The van der Waals surface area contributed by atoms with Gasteiger partial charge in [-0.1, -0.05) is 36.4 Å². The molecule has 2 aliphatic carbocycles. The summed E-state index contributed by atoms with van der Waals surface area (Å²) in [6.07, 6.45) is 8.59. The number of nitriles is 2. The Labute approximate surface area is 143 Å². The summed E-state index contributed by atoms with van der Waals surface area (Å²) in [6.45, 7) is 0.981. The zero-order valence-electron chi connectivity index (χ0n) is 14.0. The number of allylic oxidation sites excluding steroid dienone is 6. The fourth-order valence-electron chi connectivity index (χ4n) is 3.68. The molecule has 3 rings (SSSR count). The molecule has 2 aliphatic rings. The van der Waals surface area contributed by atoms with Gasteiger partial charge >= 0.3 is 0 Å². The fraction of sp³-hybridized carbons (Fsp3) is 0.333. The molecule has 0 fully saturated rings. The molecule has 0 saturated heterocycles. The highest BCUT2D eigenvalue weighted by atomic mass is 15.1. The molecule has 24 heavy (non-hydrogen) atoms. The van der Waals surface area contributed by atoms with Crippen LogP contribution < -0.4 is 4.90 Å². The SMILES string of the molecule is C[NH+](Cc1ccccc1)C1=CC2=CC(=C(C#N)C#N)CC[C@@H]2CC1. The van der Waals surface area contributed by atoms with Crippen LogP contribution >= 0.6 is 0 Å². The highest BCUT2D eigenvalue weighted by Crippen LogP contribution is 2.36. The molecular weight excluding hydrogens is 294 g/mol. The molecule has 0 saturated carbocycles. The number of quaternary nitrogens is 1. The summed E-state index contributed by atoms with van der Waals surface area (Å²) in [7, 11) is 2.22. The second kappa shape index (κ2) is 7.30.